The van der Waals surface area contributed by atoms with Gasteiger partial charge in [-0.2, -0.15) is 0 Å². The van der Waals surface area contributed by atoms with Crippen LogP contribution in [0.25, 0.3) is 22.2 Å². The number of rotatable bonds is 4. The van der Waals surface area contributed by atoms with E-state index in [1.807, 2.05) is 30.3 Å². The van der Waals surface area contributed by atoms with Gasteiger partial charge < -0.3 is 9.84 Å². The number of anilines is 1. The second kappa shape index (κ2) is 6.99. The Hall–Kier alpha value is -3.54. The summed E-state index contributed by atoms with van der Waals surface area (Å²) in [6, 6.07) is 14.2. The number of aryl methyl sites for hydroxylation is 2. The van der Waals surface area contributed by atoms with Crippen LogP contribution in [0.5, 0.6) is 0 Å². The summed E-state index contributed by atoms with van der Waals surface area (Å²) >= 11 is 0. The minimum Gasteiger partial charge on any atom is -0.361 e. The van der Waals surface area contributed by atoms with Gasteiger partial charge in [-0.1, -0.05) is 54.5 Å². The molecule has 0 fully saturated rings. The highest BCUT2D eigenvalue weighted by Gasteiger charge is 2.15. The maximum atomic E-state index is 12.4. The van der Waals surface area contributed by atoms with Gasteiger partial charge in [0.05, 0.1) is 23.4 Å². The first-order chi connectivity index (χ1) is 13.2. The number of nitrogens with one attached hydrogen (secondary N) is 1. The van der Waals surface area contributed by atoms with Gasteiger partial charge in [-0.3, -0.25) is 9.78 Å². The van der Waals surface area contributed by atoms with Gasteiger partial charge in [-0.25, -0.2) is 4.98 Å². The lowest BCUT2D eigenvalue weighted by atomic mass is 10.00. The quantitative estimate of drug-likeness (QED) is 0.584. The van der Waals surface area contributed by atoms with Gasteiger partial charge in [0.1, 0.15) is 11.3 Å². The predicted octanol–water partition coefficient (Wildman–Crippen LogP) is 4.41. The van der Waals surface area contributed by atoms with Crippen LogP contribution in [0.2, 0.25) is 0 Å². The Balaban J connectivity index is 1.77. The molecule has 2 aromatic carbocycles. The minimum absolute atomic E-state index is 0.320. The van der Waals surface area contributed by atoms with Crippen LogP contribution < -0.4 is 5.32 Å². The van der Waals surface area contributed by atoms with E-state index in [2.05, 4.69) is 39.5 Å². The zero-order valence-corrected chi connectivity index (χ0v) is 15.1. The molecule has 0 unspecified atom stereocenters. The topological polar surface area (TPSA) is 80.9 Å². The van der Waals surface area contributed by atoms with Crippen LogP contribution >= 0.6 is 0 Å². The number of aromatic nitrogens is 3. The van der Waals surface area contributed by atoms with E-state index in [1.165, 1.54) is 6.20 Å². The van der Waals surface area contributed by atoms with E-state index in [0.717, 1.165) is 34.1 Å². The lowest BCUT2D eigenvalue weighted by molar-refractivity contribution is 0.102. The monoisotopic (exact) mass is 358 g/mol. The highest BCUT2D eigenvalue weighted by atomic mass is 16.5. The Morgan fingerprint density at radius 1 is 1.07 bits per heavy atom. The molecule has 0 aliphatic carbocycles. The molecular formula is C21H18N4O2. The lowest BCUT2D eigenvalue weighted by Crippen LogP contribution is -2.13. The number of nitrogens with zero attached hydrogens (tertiary/aromatic N) is 3. The van der Waals surface area contributed by atoms with E-state index < -0.39 is 0 Å². The molecule has 134 valence electrons. The van der Waals surface area contributed by atoms with Crippen molar-refractivity contribution in [3.8, 4) is 11.1 Å². The van der Waals surface area contributed by atoms with Gasteiger partial charge in [0, 0.05) is 5.56 Å². The first kappa shape index (κ1) is 16.9. The van der Waals surface area contributed by atoms with Gasteiger partial charge in [-0.05, 0) is 24.5 Å². The molecule has 6 nitrogen and oxygen atoms in total. The van der Waals surface area contributed by atoms with Gasteiger partial charge >= 0.3 is 0 Å². The molecule has 2 heterocycles. The fraction of sp³-hybridized carbons (Fsp3) is 0.143. The molecule has 0 saturated heterocycles. The molecule has 4 rings (SSSR count). The molecule has 27 heavy (non-hydrogen) atoms. The van der Waals surface area contributed by atoms with E-state index in [9.17, 15) is 4.79 Å². The molecule has 4 aromatic rings. The molecule has 0 bridgehead atoms. The van der Waals surface area contributed by atoms with Crippen LogP contribution in [0.4, 0.5) is 5.82 Å². The number of fused-ring (bicyclic) bond motifs is 1. The van der Waals surface area contributed by atoms with E-state index in [4.69, 9.17) is 4.52 Å². The first-order valence-corrected chi connectivity index (χ1v) is 8.74. The third-order valence-corrected chi connectivity index (χ3v) is 4.49. The van der Waals surface area contributed by atoms with E-state index in [1.54, 1.807) is 13.1 Å². The molecule has 0 radical (unpaired) electrons. The zero-order valence-electron chi connectivity index (χ0n) is 15.1. The largest absolute Gasteiger partial charge is 0.361 e. The lowest BCUT2D eigenvalue weighted by Gasteiger charge is -2.11. The van der Waals surface area contributed by atoms with E-state index >= 15 is 0 Å². The number of benzene rings is 2. The molecule has 6 heteroatoms. The summed E-state index contributed by atoms with van der Waals surface area (Å²) in [6.07, 6.45) is 3.79. The van der Waals surface area contributed by atoms with Crippen molar-refractivity contribution in [3.05, 3.63) is 71.7 Å². The SMILES string of the molecule is CCc1ccc(-c2ccccc2)c2ncc(NC(=O)c3cnoc3C)nc12. The van der Waals surface area contributed by atoms with Crippen molar-refractivity contribution in [3.63, 3.8) is 0 Å². The fourth-order valence-electron chi connectivity index (χ4n) is 3.05. The smallest absolute Gasteiger partial charge is 0.262 e. The number of carbonyl (C=O) groups excluding carboxylic acids is 1. The highest BCUT2D eigenvalue weighted by molar-refractivity contribution is 6.04. The fourth-order valence-corrected chi connectivity index (χ4v) is 3.05. The van der Waals surface area contributed by atoms with Crippen LogP contribution in [0.15, 0.2) is 59.4 Å². The van der Waals surface area contributed by atoms with Crippen molar-refractivity contribution in [1.29, 1.82) is 0 Å². The first-order valence-electron chi connectivity index (χ1n) is 8.74. The van der Waals surface area contributed by atoms with Gasteiger partial charge in [0.15, 0.2) is 5.82 Å². The average molecular weight is 358 g/mol. The maximum absolute atomic E-state index is 12.4. The summed E-state index contributed by atoms with van der Waals surface area (Å²) in [5.41, 5.74) is 5.16. The van der Waals surface area contributed by atoms with Gasteiger partial charge in [0.25, 0.3) is 5.91 Å². The van der Waals surface area contributed by atoms with E-state index in [-0.39, 0.29) is 5.91 Å². The summed E-state index contributed by atoms with van der Waals surface area (Å²) in [5.74, 6) is 0.537. The second-order valence-corrected chi connectivity index (χ2v) is 6.19. The molecule has 1 N–H and O–H groups in total. The normalized spacial score (nSPS) is 10.9. The van der Waals surface area contributed by atoms with Crippen molar-refractivity contribution in [2.75, 3.05) is 5.32 Å². The zero-order chi connectivity index (χ0) is 18.8. The summed E-state index contributed by atoms with van der Waals surface area (Å²) in [7, 11) is 0. The predicted molar refractivity (Wildman–Crippen MR) is 104 cm³/mol. The molecular weight excluding hydrogens is 340 g/mol. The third-order valence-electron chi connectivity index (χ3n) is 4.49. The Bertz CT molecular complexity index is 1120. The molecule has 0 aliphatic rings. The van der Waals surface area contributed by atoms with Gasteiger partial charge in [-0.15, -0.1) is 0 Å². The summed E-state index contributed by atoms with van der Waals surface area (Å²) < 4.78 is 4.95. The second-order valence-electron chi connectivity index (χ2n) is 6.19. The Morgan fingerprint density at radius 2 is 1.89 bits per heavy atom. The molecule has 0 saturated carbocycles. The van der Waals surface area contributed by atoms with Crippen molar-refractivity contribution in [2.45, 2.75) is 20.3 Å². The summed E-state index contributed by atoms with van der Waals surface area (Å²) in [6.45, 7) is 3.76. The highest BCUT2D eigenvalue weighted by Crippen LogP contribution is 2.29. The molecule has 0 aliphatic heterocycles. The van der Waals surface area contributed by atoms with Crippen LogP contribution in [-0.2, 0) is 6.42 Å². The molecule has 0 atom stereocenters. The number of hydrogen-bond acceptors (Lipinski definition) is 5. The maximum Gasteiger partial charge on any atom is 0.262 e. The minimum atomic E-state index is -0.320. The van der Waals surface area contributed by atoms with Crippen LogP contribution in [0.1, 0.15) is 28.6 Å². The average Bonchev–Trinajstić information content (AvgIpc) is 3.13. The van der Waals surface area contributed by atoms with Crippen molar-refractivity contribution in [1.82, 2.24) is 15.1 Å². The van der Waals surface area contributed by atoms with Crippen molar-refractivity contribution in [2.24, 2.45) is 0 Å². The number of hydrogen-bond donors (Lipinski definition) is 1. The summed E-state index contributed by atoms with van der Waals surface area (Å²) in [4.78, 5) is 21.7. The molecule has 1 amide bonds. The van der Waals surface area contributed by atoms with E-state index in [0.29, 0.717) is 17.1 Å². The van der Waals surface area contributed by atoms with Crippen LogP contribution in [-0.4, -0.2) is 21.0 Å². The standard InChI is InChI=1S/C21H18N4O2/c1-3-14-9-10-16(15-7-5-4-6-8-15)20-19(14)24-18(12-22-20)25-21(26)17-11-23-27-13(17)2/h4-12H,3H2,1-2H3,(H,24,25,26). The number of carbonyl (C=O) groups is 1. The number of amides is 1. The van der Waals surface area contributed by atoms with Crippen LogP contribution in [0, 0.1) is 6.92 Å². The Kier molecular flexibility index (Phi) is 4.38. The Morgan fingerprint density at radius 3 is 2.59 bits per heavy atom. The van der Waals surface area contributed by atoms with Crippen molar-refractivity contribution >= 4 is 22.8 Å². The molecule has 2 aromatic heterocycles. The Labute approximate surface area is 156 Å². The van der Waals surface area contributed by atoms with Crippen LogP contribution in [0.3, 0.4) is 0 Å². The van der Waals surface area contributed by atoms with Crippen molar-refractivity contribution < 1.29 is 9.32 Å². The summed E-state index contributed by atoms with van der Waals surface area (Å²) in [5, 5.41) is 6.41. The molecule has 0 spiro atoms. The van der Waals surface area contributed by atoms with Gasteiger partial charge in [0.2, 0.25) is 0 Å². The third kappa shape index (κ3) is 3.17.